The van der Waals surface area contributed by atoms with Crippen molar-refractivity contribution in [1.82, 2.24) is 4.98 Å². The van der Waals surface area contributed by atoms with Gasteiger partial charge in [-0.1, -0.05) is 0 Å². The predicted octanol–water partition coefficient (Wildman–Crippen LogP) is 3.25. The zero-order chi connectivity index (χ0) is 16.4. The van der Waals surface area contributed by atoms with Crippen LogP contribution >= 0.6 is 12.4 Å². The molecule has 0 aliphatic heterocycles. The minimum absolute atomic E-state index is 0. The molecule has 130 valence electrons. The molecule has 0 saturated heterocycles. The van der Waals surface area contributed by atoms with Crippen LogP contribution in [0, 0.1) is 5.92 Å². The van der Waals surface area contributed by atoms with Crippen LogP contribution < -0.4 is 15.2 Å². The van der Waals surface area contributed by atoms with Crippen molar-refractivity contribution in [1.29, 1.82) is 0 Å². The summed E-state index contributed by atoms with van der Waals surface area (Å²) in [6.07, 6.45) is 3.25. The first-order valence-electron chi connectivity index (χ1n) is 7.00. The molecule has 3 rings (SSSR count). The number of nitrogens with two attached hydrogens (primary N) is 1. The molecule has 1 saturated carbocycles. The van der Waals surface area contributed by atoms with Gasteiger partial charge in [-0.15, -0.1) is 12.4 Å². The van der Waals surface area contributed by atoms with E-state index in [0.717, 1.165) is 19.1 Å². The maximum atomic E-state index is 12.5. The van der Waals surface area contributed by atoms with Gasteiger partial charge >= 0.3 is 6.61 Å². The highest BCUT2D eigenvalue weighted by atomic mass is 35.5. The van der Waals surface area contributed by atoms with Gasteiger partial charge in [0.2, 0.25) is 5.89 Å². The fourth-order valence-electron chi connectivity index (χ4n) is 1.96. The zero-order valence-corrected chi connectivity index (χ0v) is 13.2. The molecule has 0 atom stereocenters. The van der Waals surface area contributed by atoms with E-state index in [0.29, 0.717) is 18.1 Å². The number of alkyl halides is 2. The Labute approximate surface area is 142 Å². The fourth-order valence-corrected chi connectivity index (χ4v) is 1.96. The van der Waals surface area contributed by atoms with Crippen LogP contribution in [0.25, 0.3) is 11.5 Å². The Balaban J connectivity index is 0.00000208. The summed E-state index contributed by atoms with van der Waals surface area (Å²) < 4.78 is 40.1. The van der Waals surface area contributed by atoms with Gasteiger partial charge in [0.25, 0.3) is 5.91 Å². The van der Waals surface area contributed by atoms with Gasteiger partial charge in [0.1, 0.15) is 6.26 Å². The van der Waals surface area contributed by atoms with E-state index in [9.17, 15) is 13.6 Å². The van der Waals surface area contributed by atoms with Gasteiger partial charge in [-0.3, -0.25) is 4.79 Å². The average molecular weight is 361 g/mol. The Morgan fingerprint density at radius 2 is 2.12 bits per heavy atom. The molecule has 0 spiro atoms. The second kappa shape index (κ2) is 7.48. The number of hydrogen-bond acceptors (Lipinski definition) is 5. The third-order valence-corrected chi connectivity index (χ3v) is 3.33. The Kier molecular flexibility index (Phi) is 5.61. The molecule has 0 radical (unpaired) electrons. The van der Waals surface area contributed by atoms with Crippen molar-refractivity contribution in [2.75, 3.05) is 6.61 Å². The van der Waals surface area contributed by atoms with Crippen LogP contribution in [0.4, 0.5) is 8.78 Å². The minimum atomic E-state index is -2.95. The largest absolute Gasteiger partial charge is 0.489 e. The Morgan fingerprint density at radius 1 is 1.38 bits per heavy atom. The highest BCUT2D eigenvalue weighted by molar-refractivity contribution is 5.90. The van der Waals surface area contributed by atoms with Gasteiger partial charge in [-0.2, -0.15) is 8.78 Å². The topological polar surface area (TPSA) is 87.6 Å². The normalized spacial score (nSPS) is 13.5. The highest BCUT2D eigenvalue weighted by Gasteiger charge is 2.23. The maximum Gasteiger partial charge on any atom is 0.387 e. The number of primary amides is 1. The van der Waals surface area contributed by atoms with Gasteiger partial charge in [0.05, 0.1) is 6.61 Å². The summed E-state index contributed by atoms with van der Waals surface area (Å²) in [6.45, 7) is -2.52. The molecule has 1 aromatic carbocycles. The van der Waals surface area contributed by atoms with Crippen molar-refractivity contribution in [3.8, 4) is 23.0 Å². The predicted molar refractivity (Wildman–Crippen MR) is 82.6 cm³/mol. The van der Waals surface area contributed by atoms with Crippen molar-refractivity contribution in [3.05, 3.63) is 30.2 Å². The lowest BCUT2D eigenvalue weighted by molar-refractivity contribution is -0.0515. The quantitative estimate of drug-likeness (QED) is 0.818. The third kappa shape index (κ3) is 4.35. The van der Waals surface area contributed by atoms with Crippen LogP contribution in [-0.2, 0) is 0 Å². The highest BCUT2D eigenvalue weighted by Crippen LogP contribution is 2.36. The summed E-state index contributed by atoms with van der Waals surface area (Å²) >= 11 is 0. The number of ether oxygens (including phenoxy) is 2. The zero-order valence-electron chi connectivity index (χ0n) is 12.4. The lowest BCUT2D eigenvalue weighted by Gasteiger charge is -2.12. The summed E-state index contributed by atoms with van der Waals surface area (Å²) in [6, 6.07) is 4.31. The van der Waals surface area contributed by atoms with Gasteiger partial charge in [0.15, 0.2) is 17.2 Å². The number of nitrogens with zero attached hydrogens (tertiary/aromatic N) is 1. The monoisotopic (exact) mass is 360 g/mol. The molecule has 9 heteroatoms. The van der Waals surface area contributed by atoms with Crippen molar-refractivity contribution in [2.24, 2.45) is 11.7 Å². The van der Waals surface area contributed by atoms with Crippen LogP contribution in [0.2, 0.25) is 0 Å². The Morgan fingerprint density at radius 3 is 2.71 bits per heavy atom. The summed E-state index contributed by atoms with van der Waals surface area (Å²) in [7, 11) is 0. The average Bonchev–Trinajstić information content (AvgIpc) is 3.19. The first-order valence-corrected chi connectivity index (χ1v) is 7.00. The molecule has 1 heterocycles. The first-order chi connectivity index (χ1) is 11.0. The second-order valence-electron chi connectivity index (χ2n) is 5.20. The lowest BCUT2D eigenvalue weighted by Crippen LogP contribution is -2.11. The lowest BCUT2D eigenvalue weighted by atomic mass is 10.2. The van der Waals surface area contributed by atoms with Gasteiger partial charge in [-0.05, 0) is 37.0 Å². The number of halogens is 3. The second-order valence-corrected chi connectivity index (χ2v) is 5.20. The van der Waals surface area contributed by atoms with Crippen molar-refractivity contribution >= 4 is 18.3 Å². The summed E-state index contributed by atoms with van der Waals surface area (Å²) in [5.41, 5.74) is 5.56. The minimum Gasteiger partial charge on any atom is -0.489 e. The molecule has 1 aliphatic carbocycles. The number of benzene rings is 1. The molecular formula is C15H15ClF2N2O4. The Hall–Kier alpha value is -2.35. The molecule has 1 amide bonds. The molecule has 1 fully saturated rings. The van der Waals surface area contributed by atoms with Crippen molar-refractivity contribution < 1.29 is 27.5 Å². The fraction of sp³-hybridized carbons (Fsp3) is 0.333. The van der Waals surface area contributed by atoms with E-state index in [4.69, 9.17) is 14.9 Å². The number of oxazole rings is 1. The number of carbonyl (C=O) groups excluding carboxylic acids is 1. The molecule has 1 aromatic heterocycles. The number of hydrogen-bond donors (Lipinski definition) is 1. The first kappa shape index (κ1) is 18.0. The molecule has 1 aliphatic rings. The summed E-state index contributed by atoms with van der Waals surface area (Å²) in [5.74, 6) is -0.0256. The van der Waals surface area contributed by atoms with E-state index < -0.39 is 12.5 Å². The van der Waals surface area contributed by atoms with Crippen LogP contribution in [0.5, 0.6) is 11.5 Å². The van der Waals surface area contributed by atoms with E-state index in [-0.39, 0.29) is 35.5 Å². The van der Waals surface area contributed by atoms with Crippen molar-refractivity contribution in [3.63, 3.8) is 0 Å². The molecule has 6 nitrogen and oxygen atoms in total. The maximum absolute atomic E-state index is 12.5. The van der Waals surface area contributed by atoms with E-state index >= 15 is 0 Å². The van der Waals surface area contributed by atoms with Crippen LogP contribution in [0.15, 0.2) is 28.9 Å². The van der Waals surface area contributed by atoms with Crippen molar-refractivity contribution in [2.45, 2.75) is 19.5 Å². The molecule has 24 heavy (non-hydrogen) atoms. The molecule has 0 unspecified atom stereocenters. The smallest absolute Gasteiger partial charge is 0.387 e. The van der Waals surface area contributed by atoms with Gasteiger partial charge in [0, 0.05) is 5.56 Å². The SMILES string of the molecule is Cl.NC(=O)c1coc(-c2ccc(OC(F)F)c(OCC3CC3)c2)n1. The third-order valence-electron chi connectivity index (χ3n) is 3.33. The van der Waals surface area contributed by atoms with Crippen LogP contribution in [0.1, 0.15) is 23.3 Å². The summed E-state index contributed by atoms with van der Waals surface area (Å²) in [5, 5.41) is 0. The number of carbonyl (C=O) groups is 1. The molecule has 2 aromatic rings. The number of aromatic nitrogens is 1. The van der Waals surface area contributed by atoms with Crippen LogP contribution in [0.3, 0.4) is 0 Å². The molecular weight excluding hydrogens is 346 g/mol. The van der Waals surface area contributed by atoms with E-state index in [2.05, 4.69) is 9.72 Å². The van der Waals surface area contributed by atoms with E-state index in [1.807, 2.05) is 0 Å². The molecule has 0 bridgehead atoms. The van der Waals surface area contributed by atoms with Gasteiger partial charge < -0.3 is 19.6 Å². The number of amides is 1. The van der Waals surface area contributed by atoms with E-state index in [1.54, 1.807) is 0 Å². The molecule has 2 N–H and O–H groups in total. The summed E-state index contributed by atoms with van der Waals surface area (Å²) in [4.78, 5) is 15.0. The van der Waals surface area contributed by atoms with E-state index in [1.165, 1.54) is 18.2 Å². The van der Waals surface area contributed by atoms with Gasteiger partial charge in [-0.25, -0.2) is 4.98 Å². The standard InChI is InChI=1S/C15H14F2N2O4.ClH/c16-15(17)23-11-4-3-9(5-12(11)21-6-8-1-2-8)14-19-10(7-22-14)13(18)20;/h3-5,7-8,15H,1-2,6H2,(H2,18,20);1H. The number of rotatable bonds is 7. The Bertz CT molecular complexity index is 719. The van der Waals surface area contributed by atoms with Crippen LogP contribution in [-0.4, -0.2) is 24.1 Å².